The van der Waals surface area contributed by atoms with E-state index in [1.807, 2.05) is 6.92 Å². The van der Waals surface area contributed by atoms with Gasteiger partial charge in [0, 0.05) is 5.54 Å². The molecule has 1 aromatic rings. The maximum absolute atomic E-state index is 5.72. The van der Waals surface area contributed by atoms with Crippen LogP contribution in [0.4, 0.5) is 0 Å². The second-order valence-electron chi connectivity index (χ2n) is 7.90. The smallest absolute Gasteiger partial charge is 0.117 e. The third-order valence-electron chi connectivity index (χ3n) is 6.90. The van der Waals surface area contributed by atoms with Gasteiger partial charge in [-0.1, -0.05) is 0 Å². The highest BCUT2D eigenvalue weighted by Crippen LogP contribution is 2.76. The maximum Gasteiger partial charge on any atom is 0.117 e. The van der Waals surface area contributed by atoms with Crippen molar-refractivity contribution in [1.29, 1.82) is 0 Å². The van der Waals surface area contributed by atoms with Crippen LogP contribution in [0.3, 0.4) is 0 Å². The van der Waals surface area contributed by atoms with Gasteiger partial charge in [0.2, 0.25) is 0 Å². The van der Waals surface area contributed by atoms with Crippen molar-refractivity contribution in [2.24, 2.45) is 23.2 Å². The number of nitrogens with one attached hydrogen (secondary N) is 1. The summed E-state index contributed by atoms with van der Waals surface area (Å²) in [5, 5.41) is 3.92. The Hall–Kier alpha value is -0.760. The Balaban J connectivity index is 1.38. The fourth-order valence-electron chi connectivity index (χ4n) is 6.42. The second kappa shape index (κ2) is 3.28. The zero-order valence-corrected chi connectivity index (χ0v) is 11.7. The summed E-state index contributed by atoms with van der Waals surface area (Å²) in [6.07, 6.45) is 8.98. The van der Waals surface area contributed by atoms with Crippen molar-refractivity contribution in [3.05, 3.63) is 23.7 Å². The summed E-state index contributed by atoms with van der Waals surface area (Å²) in [4.78, 5) is 0. The van der Waals surface area contributed by atoms with E-state index in [2.05, 4.69) is 17.4 Å². The number of furan rings is 1. The molecule has 2 heteroatoms. The summed E-state index contributed by atoms with van der Waals surface area (Å²) in [6.45, 7) is 2.95. The van der Waals surface area contributed by atoms with Crippen molar-refractivity contribution in [3.8, 4) is 0 Å². The first kappa shape index (κ1) is 11.0. The van der Waals surface area contributed by atoms with Crippen molar-refractivity contribution in [2.75, 3.05) is 0 Å². The van der Waals surface area contributed by atoms with Gasteiger partial charge in [0.15, 0.2) is 0 Å². The lowest BCUT2D eigenvalue weighted by molar-refractivity contribution is -0.000870. The summed E-state index contributed by atoms with van der Waals surface area (Å²) < 4.78 is 5.72. The van der Waals surface area contributed by atoms with E-state index in [1.54, 1.807) is 19.3 Å². The first-order valence-electron chi connectivity index (χ1n) is 7.98. The van der Waals surface area contributed by atoms with Gasteiger partial charge in [-0.2, -0.15) is 0 Å². The van der Waals surface area contributed by atoms with Crippen molar-refractivity contribution >= 4 is 0 Å². The van der Waals surface area contributed by atoms with E-state index in [4.69, 9.17) is 4.42 Å². The van der Waals surface area contributed by atoms with Crippen LogP contribution in [0.5, 0.6) is 0 Å². The van der Waals surface area contributed by atoms with E-state index in [-0.39, 0.29) is 0 Å². The molecule has 5 unspecified atom stereocenters. The average Bonchev–Trinajstić information content (AvgIpc) is 2.92. The topological polar surface area (TPSA) is 25.2 Å². The Kier molecular flexibility index (Phi) is 1.89. The van der Waals surface area contributed by atoms with Crippen molar-refractivity contribution < 1.29 is 4.42 Å². The van der Waals surface area contributed by atoms with Gasteiger partial charge in [0.25, 0.3) is 0 Å². The van der Waals surface area contributed by atoms with Crippen molar-refractivity contribution in [3.63, 3.8) is 0 Å². The van der Waals surface area contributed by atoms with Crippen LogP contribution in [0.15, 0.2) is 16.5 Å². The molecule has 19 heavy (non-hydrogen) atoms. The predicted molar refractivity (Wildman–Crippen MR) is 73.6 cm³/mol. The molecule has 1 N–H and O–H groups in total. The lowest BCUT2D eigenvalue weighted by atomic mass is 9.56. The molecule has 1 heterocycles. The van der Waals surface area contributed by atoms with Gasteiger partial charge >= 0.3 is 0 Å². The van der Waals surface area contributed by atoms with Crippen LogP contribution in [-0.4, -0.2) is 5.54 Å². The van der Waals surface area contributed by atoms with E-state index in [0.29, 0.717) is 5.54 Å². The quantitative estimate of drug-likeness (QED) is 0.894. The molecule has 4 fully saturated rings. The third-order valence-corrected chi connectivity index (χ3v) is 6.90. The van der Waals surface area contributed by atoms with Gasteiger partial charge in [0.1, 0.15) is 11.5 Å². The highest BCUT2D eigenvalue weighted by Gasteiger charge is 2.70. The normalized spacial score (nSPS) is 49.4. The maximum atomic E-state index is 5.72. The lowest BCUT2D eigenvalue weighted by Gasteiger charge is -2.49. The highest BCUT2D eigenvalue weighted by atomic mass is 16.3. The predicted octanol–water partition coefficient (Wildman–Crippen LogP) is 3.65. The molecule has 5 rings (SSSR count). The first-order valence-corrected chi connectivity index (χ1v) is 7.98. The molecular formula is C17H23NO. The molecule has 4 aliphatic rings. The minimum absolute atomic E-state index is 0.458. The summed E-state index contributed by atoms with van der Waals surface area (Å²) in [7, 11) is 0. The second-order valence-corrected chi connectivity index (χ2v) is 7.90. The molecule has 0 radical (unpaired) electrons. The molecule has 5 atom stereocenters. The van der Waals surface area contributed by atoms with Crippen LogP contribution < -0.4 is 5.32 Å². The van der Waals surface area contributed by atoms with Crippen LogP contribution in [0.1, 0.15) is 50.0 Å². The standard InChI is InChI=1S/C17H23NO/c1-11-2-3-15(19-11)9-18-16-6-12-4-13-5-14(8-16)17(13,7-12)10-16/h2-3,12-14,18H,4-10H2,1H3. The third kappa shape index (κ3) is 1.31. The van der Waals surface area contributed by atoms with E-state index in [0.717, 1.165) is 41.2 Å². The largest absolute Gasteiger partial charge is 0.465 e. The van der Waals surface area contributed by atoms with Gasteiger partial charge < -0.3 is 9.73 Å². The SMILES string of the molecule is Cc1ccc(CNC23CC4CC5CC(C2)C5(C4)C3)o1. The molecule has 0 aromatic carbocycles. The Bertz CT molecular complexity index is 531. The van der Waals surface area contributed by atoms with Crippen LogP contribution in [0, 0.1) is 30.1 Å². The highest BCUT2D eigenvalue weighted by molar-refractivity contribution is 5.23. The zero-order valence-electron chi connectivity index (χ0n) is 11.7. The fourth-order valence-corrected chi connectivity index (χ4v) is 6.42. The van der Waals surface area contributed by atoms with Crippen LogP contribution in [-0.2, 0) is 6.54 Å². The molecule has 2 nitrogen and oxygen atoms in total. The first-order chi connectivity index (χ1) is 9.18. The van der Waals surface area contributed by atoms with Crippen LogP contribution in [0.2, 0.25) is 0 Å². The molecular weight excluding hydrogens is 234 g/mol. The Morgan fingerprint density at radius 3 is 3.00 bits per heavy atom. The van der Waals surface area contributed by atoms with Gasteiger partial charge in [0.05, 0.1) is 6.54 Å². The molecule has 3 bridgehead atoms. The van der Waals surface area contributed by atoms with Crippen molar-refractivity contribution in [1.82, 2.24) is 5.32 Å². The van der Waals surface area contributed by atoms with E-state index in [1.165, 1.54) is 19.3 Å². The van der Waals surface area contributed by atoms with Crippen LogP contribution >= 0.6 is 0 Å². The Labute approximate surface area is 114 Å². The Morgan fingerprint density at radius 2 is 2.16 bits per heavy atom. The minimum Gasteiger partial charge on any atom is -0.465 e. The molecule has 1 spiro atoms. The molecule has 0 aliphatic heterocycles. The number of fused-ring (bicyclic) bond motifs is 2. The van der Waals surface area contributed by atoms with Crippen LogP contribution in [0.25, 0.3) is 0 Å². The number of hydrogen-bond acceptors (Lipinski definition) is 2. The van der Waals surface area contributed by atoms with E-state index < -0.39 is 0 Å². The summed E-state index contributed by atoms with van der Waals surface area (Å²) in [5.41, 5.74) is 1.24. The van der Waals surface area contributed by atoms with Gasteiger partial charge in [-0.15, -0.1) is 0 Å². The molecule has 4 saturated carbocycles. The minimum atomic E-state index is 0.458. The Morgan fingerprint density at radius 1 is 1.21 bits per heavy atom. The summed E-state index contributed by atoms with van der Waals surface area (Å²) >= 11 is 0. The summed E-state index contributed by atoms with van der Waals surface area (Å²) in [6, 6.07) is 4.20. The zero-order chi connectivity index (χ0) is 12.7. The van der Waals surface area contributed by atoms with Gasteiger partial charge in [-0.05, 0) is 80.8 Å². The number of aryl methyl sites for hydroxylation is 1. The van der Waals surface area contributed by atoms with Crippen molar-refractivity contribution in [2.45, 2.75) is 57.5 Å². The number of rotatable bonds is 3. The molecule has 1 aromatic heterocycles. The van der Waals surface area contributed by atoms with E-state index >= 15 is 0 Å². The van der Waals surface area contributed by atoms with E-state index in [9.17, 15) is 0 Å². The van der Waals surface area contributed by atoms with Gasteiger partial charge in [-0.25, -0.2) is 0 Å². The van der Waals surface area contributed by atoms with Gasteiger partial charge in [-0.3, -0.25) is 0 Å². The summed E-state index contributed by atoms with van der Waals surface area (Å²) in [5.74, 6) is 5.31. The molecule has 0 amide bonds. The lowest BCUT2D eigenvalue weighted by Crippen LogP contribution is -2.47. The number of hydrogen-bond donors (Lipinski definition) is 1. The molecule has 4 aliphatic carbocycles. The molecule has 0 saturated heterocycles. The molecule has 102 valence electrons. The monoisotopic (exact) mass is 257 g/mol. The average molecular weight is 257 g/mol. The fraction of sp³-hybridized carbons (Fsp3) is 0.765.